The molecule has 1 fully saturated rings. The number of nitrogens with one attached hydrogen (secondary N) is 1. The number of hydrogen-bond acceptors (Lipinski definition) is 1. The summed E-state index contributed by atoms with van der Waals surface area (Å²) in [6, 6.07) is 3.76. The summed E-state index contributed by atoms with van der Waals surface area (Å²) in [5.74, 6) is -0.712. The van der Waals surface area contributed by atoms with Crippen molar-refractivity contribution in [1.29, 1.82) is 0 Å². The van der Waals surface area contributed by atoms with E-state index in [4.69, 9.17) is 0 Å². The summed E-state index contributed by atoms with van der Waals surface area (Å²) in [7, 11) is 0. The van der Waals surface area contributed by atoms with Gasteiger partial charge in [0.2, 0.25) is 0 Å². The molecule has 1 aromatic rings. The maximum absolute atomic E-state index is 13.1. The Labute approximate surface area is 69.4 Å². The topological polar surface area (TPSA) is 12.0 Å². The Bertz CT molecular complexity index is 295. The average Bonchev–Trinajstić information content (AvgIpc) is 1.91. The molecule has 1 heterocycles. The Morgan fingerprint density at radius 1 is 1.25 bits per heavy atom. The first-order valence-electron chi connectivity index (χ1n) is 3.93. The lowest BCUT2D eigenvalue weighted by molar-refractivity contribution is 0.429. The van der Waals surface area contributed by atoms with Crippen LogP contribution in [-0.2, 0) is 0 Å². The maximum Gasteiger partial charge on any atom is 0.129 e. The molecule has 2 rings (SSSR count). The molecule has 0 radical (unpaired) electrons. The van der Waals surface area contributed by atoms with Gasteiger partial charge in [-0.1, -0.05) is 6.07 Å². The van der Waals surface area contributed by atoms with E-state index in [-0.39, 0.29) is 5.92 Å². The van der Waals surface area contributed by atoms with Crippen molar-refractivity contribution in [3.8, 4) is 0 Å². The fourth-order valence-corrected chi connectivity index (χ4v) is 1.34. The van der Waals surface area contributed by atoms with E-state index >= 15 is 0 Å². The molecule has 1 aromatic carbocycles. The van der Waals surface area contributed by atoms with Crippen molar-refractivity contribution in [3.63, 3.8) is 0 Å². The van der Waals surface area contributed by atoms with Crippen molar-refractivity contribution in [2.24, 2.45) is 0 Å². The van der Waals surface area contributed by atoms with Gasteiger partial charge in [0, 0.05) is 25.1 Å². The fraction of sp³-hybridized carbons (Fsp3) is 0.333. The van der Waals surface area contributed by atoms with Gasteiger partial charge in [-0.2, -0.15) is 0 Å². The van der Waals surface area contributed by atoms with Gasteiger partial charge >= 0.3 is 0 Å². The van der Waals surface area contributed by atoms with E-state index in [1.165, 1.54) is 12.1 Å². The van der Waals surface area contributed by atoms with Crippen molar-refractivity contribution in [2.45, 2.75) is 5.92 Å². The quantitative estimate of drug-likeness (QED) is 0.674. The third-order valence-electron chi connectivity index (χ3n) is 2.18. The van der Waals surface area contributed by atoms with E-state index in [0.717, 1.165) is 19.2 Å². The highest BCUT2D eigenvalue weighted by molar-refractivity contribution is 5.25. The van der Waals surface area contributed by atoms with Crippen LogP contribution in [0, 0.1) is 11.6 Å². The van der Waals surface area contributed by atoms with Crippen LogP contribution in [0.3, 0.4) is 0 Å². The second-order valence-corrected chi connectivity index (χ2v) is 3.02. The summed E-state index contributed by atoms with van der Waals surface area (Å²) in [6.07, 6.45) is 0. The second-order valence-electron chi connectivity index (χ2n) is 3.02. The maximum atomic E-state index is 13.1. The first-order valence-corrected chi connectivity index (χ1v) is 3.93. The van der Waals surface area contributed by atoms with Crippen molar-refractivity contribution in [2.75, 3.05) is 13.1 Å². The smallest absolute Gasteiger partial charge is 0.129 e. The molecule has 64 valence electrons. The molecule has 1 saturated heterocycles. The Kier molecular flexibility index (Phi) is 1.81. The molecule has 1 N–H and O–H groups in total. The van der Waals surface area contributed by atoms with Crippen LogP contribution in [0.1, 0.15) is 11.5 Å². The Morgan fingerprint density at radius 3 is 2.50 bits per heavy atom. The summed E-state index contributed by atoms with van der Waals surface area (Å²) in [6.45, 7) is 1.59. The van der Waals surface area contributed by atoms with E-state index in [9.17, 15) is 8.78 Å². The zero-order valence-corrected chi connectivity index (χ0v) is 6.48. The Hall–Kier alpha value is -0.960. The molecule has 0 unspecified atom stereocenters. The molecule has 0 saturated carbocycles. The molecule has 3 heteroatoms. The predicted octanol–water partition coefficient (Wildman–Crippen LogP) is 1.65. The third kappa shape index (κ3) is 1.20. The SMILES string of the molecule is Fc1ccc(C2CNC2)c(F)c1. The zero-order valence-electron chi connectivity index (χ0n) is 6.48. The minimum absolute atomic E-state index is 0.227. The molecule has 0 aromatic heterocycles. The molecular weight excluding hydrogens is 160 g/mol. The van der Waals surface area contributed by atoms with Crippen molar-refractivity contribution in [1.82, 2.24) is 5.32 Å². The Morgan fingerprint density at radius 2 is 2.00 bits per heavy atom. The van der Waals surface area contributed by atoms with Gasteiger partial charge in [-0.25, -0.2) is 8.78 Å². The minimum atomic E-state index is -0.511. The highest BCUT2D eigenvalue weighted by Gasteiger charge is 2.21. The molecule has 0 aliphatic carbocycles. The molecule has 0 bridgehead atoms. The minimum Gasteiger partial charge on any atom is -0.315 e. The fourth-order valence-electron chi connectivity index (χ4n) is 1.34. The average molecular weight is 169 g/mol. The normalized spacial score (nSPS) is 17.5. The van der Waals surface area contributed by atoms with Crippen LogP contribution in [0.25, 0.3) is 0 Å². The molecule has 1 aliphatic heterocycles. The number of benzene rings is 1. The highest BCUT2D eigenvalue weighted by atomic mass is 19.1. The summed E-state index contributed by atoms with van der Waals surface area (Å²) in [4.78, 5) is 0. The zero-order chi connectivity index (χ0) is 8.55. The van der Waals surface area contributed by atoms with E-state index in [2.05, 4.69) is 5.32 Å². The second kappa shape index (κ2) is 2.83. The lowest BCUT2D eigenvalue weighted by atomic mass is 9.93. The highest BCUT2D eigenvalue weighted by Crippen LogP contribution is 2.22. The van der Waals surface area contributed by atoms with Gasteiger partial charge < -0.3 is 5.32 Å². The van der Waals surface area contributed by atoms with Crippen LogP contribution in [0.4, 0.5) is 8.78 Å². The van der Waals surface area contributed by atoms with Gasteiger partial charge in [-0.15, -0.1) is 0 Å². The first kappa shape index (κ1) is 7.68. The van der Waals surface area contributed by atoms with Crippen molar-refractivity contribution in [3.05, 3.63) is 35.4 Å². The van der Waals surface area contributed by atoms with Crippen LogP contribution in [0.2, 0.25) is 0 Å². The first-order chi connectivity index (χ1) is 5.77. The third-order valence-corrected chi connectivity index (χ3v) is 2.18. The molecule has 1 aliphatic rings. The monoisotopic (exact) mass is 169 g/mol. The number of halogens is 2. The molecule has 0 amide bonds. The van der Waals surface area contributed by atoms with Gasteiger partial charge in [0.15, 0.2) is 0 Å². The Balaban J connectivity index is 2.31. The lowest BCUT2D eigenvalue weighted by Gasteiger charge is -2.27. The van der Waals surface area contributed by atoms with Gasteiger partial charge in [-0.3, -0.25) is 0 Å². The summed E-state index contributed by atoms with van der Waals surface area (Å²) in [5, 5.41) is 3.04. The van der Waals surface area contributed by atoms with Gasteiger partial charge in [0.05, 0.1) is 0 Å². The molecular formula is C9H9F2N. The molecule has 0 spiro atoms. The van der Waals surface area contributed by atoms with Gasteiger partial charge in [-0.05, 0) is 11.6 Å². The van der Waals surface area contributed by atoms with Crippen LogP contribution >= 0.6 is 0 Å². The number of hydrogen-bond donors (Lipinski definition) is 1. The largest absolute Gasteiger partial charge is 0.315 e. The van der Waals surface area contributed by atoms with Crippen LogP contribution < -0.4 is 5.32 Å². The molecule has 1 nitrogen and oxygen atoms in total. The number of rotatable bonds is 1. The van der Waals surface area contributed by atoms with Gasteiger partial charge in [0.25, 0.3) is 0 Å². The van der Waals surface area contributed by atoms with E-state index in [1.54, 1.807) is 0 Å². The summed E-state index contributed by atoms with van der Waals surface area (Å²) in [5.41, 5.74) is 0.621. The van der Waals surface area contributed by atoms with E-state index < -0.39 is 11.6 Å². The van der Waals surface area contributed by atoms with E-state index in [0.29, 0.717) is 5.56 Å². The van der Waals surface area contributed by atoms with Crippen LogP contribution in [-0.4, -0.2) is 13.1 Å². The molecule has 12 heavy (non-hydrogen) atoms. The van der Waals surface area contributed by atoms with E-state index in [1.807, 2.05) is 0 Å². The van der Waals surface area contributed by atoms with Crippen LogP contribution in [0.5, 0.6) is 0 Å². The standard InChI is InChI=1S/C9H9F2N/c10-7-1-2-8(9(11)3-7)6-4-12-5-6/h1-3,6,12H,4-5H2. The summed E-state index contributed by atoms with van der Waals surface area (Å²) < 4.78 is 25.5. The molecule has 0 atom stereocenters. The summed E-state index contributed by atoms with van der Waals surface area (Å²) >= 11 is 0. The predicted molar refractivity (Wildman–Crippen MR) is 42.0 cm³/mol. The lowest BCUT2D eigenvalue weighted by Crippen LogP contribution is -2.40. The van der Waals surface area contributed by atoms with Crippen molar-refractivity contribution >= 4 is 0 Å². The van der Waals surface area contributed by atoms with Crippen LogP contribution in [0.15, 0.2) is 18.2 Å². The van der Waals surface area contributed by atoms with Crippen molar-refractivity contribution < 1.29 is 8.78 Å². The van der Waals surface area contributed by atoms with Gasteiger partial charge in [0.1, 0.15) is 11.6 Å².